The van der Waals surface area contributed by atoms with Gasteiger partial charge in [0.2, 0.25) is 0 Å². The molecule has 0 aliphatic heterocycles. The molecule has 0 saturated heterocycles. The van der Waals surface area contributed by atoms with Crippen molar-refractivity contribution in [3.05, 3.63) is 71.0 Å². The van der Waals surface area contributed by atoms with Crippen molar-refractivity contribution in [3.63, 3.8) is 0 Å². The second kappa shape index (κ2) is 8.65. The monoisotopic (exact) mass is 385 g/mol. The number of benzene rings is 2. The zero-order valence-electron chi connectivity index (χ0n) is 16.3. The van der Waals surface area contributed by atoms with Crippen molar-refractivity contribution in [2.75, 3.05) is 0 Å². The molecule has 0 saturated carbocycles. The highest BCUT2D eigenvalue weighted by Crippen LogP contribution is 2.22. The fourth-order valence-electron chi connectivity index (χ4n) is 2.37. The first-order valence-electron chi connectivity index (χ1n) is 8.85. The third kappa shape index (κ3) is 5.64. The summed E-state index contributed by atoms with van der Waals surface area (Å²) in [5.41, 5.74) is 6.16. The predicted octanol–water partition coefficient (Wildman–Crippen LogP) is 2.70. The number of carbonyl (C=O) groups excluding carboxylic acids is 3. The number of amides is 3. The highest BCUT2D eigenvalue weighted by atomic mass is 19.1. The summed E-state index contributed by atoms with van der Waals surface area (Å²) in [6, 6.07) is 11.2. The van der Waals surface area contributed by atoms with Crippen LogP contribution < -0.4 is 16.2 Å². The van der Waals surface area contributed by atoms with Gasteiger partial charge in [0.1, 0.15) is 11.9 Å². The van der Waals surface area contributed by atoms with Crippen molar-refractivity contribution in [2.24, 2.45) is 0 Å². The summed E-state index contributed by atoms with van der Waals surface area (Å²) < 4.78 is 12.9. The van der Waals surface area contributed by atoms with Crippen molar-refractivity contribution < 1.29 is 18.8 Å². The molecule has 0 bridgehead atoms. The Morgan fingerprint density at radius 1 is 0.821 bits per heavy atom. The zero-order valence-corrected chi connectivity index (χ0v) is 16.3. The lowest BCUT2D eigenvalue weighted by molar-refractivity contribution is -0.123. The van der Waals surface area contributed by atoms with E-state index in [1.807, 2.05) is 12.1 Å². The molecule has 0 aromatic heterocycles. The van der Waals surface area contributed by atoms with E-state index in [4.69, 9.17) is 0 Å². The van der Waals surface area contributed by atoms with Crippen LogP contribution in [0.5, 0.6) is 0 Å². The number of hydrogen-bond acceptors (Lipinski definition) is 3. The minimum atomic E-state index is -0.872. The Kier molecular flexibility index (Phi) is 6.51. The predicted molar refractivity (Wildman–Crippen MR) is 104 cm³/mol. The first-order valence-corrected chi connectivity index (χ1v) is 8.85. The molecule has 28 heavy (non-hydrogen) atoms. The van der Waals surface area contributed by atoms with E-state index in [1.165, 1.54) is 19.1 Å². The van der Waals surface area contributed by atoms with E-state index in [0.29, 0.717) is 5.56 Å². The molecule has 0 radical (unpaired) electrons. The van der Waals surface area contributed by atoms with E-state index >= 15 is 0 Å². The Bertz CT molecular complexity index is 856. The van der Waals surface area contributed by atoms with Crippen LogP contribution in [0.25, 0.3) is 0 Å². The Morgan fingerprint density at radius 2 is 1.32 bits per heavy atom. The Balaban J connectivity index is 1.88. The summed E-state index contributed by atoms with van der Waals surface area (Å²) in [6.45, 7) is 7.74. The Labute approximate surface area is 163 Å². The van der Waals surface area contributed by atoms with Gasteiger partial charge in [-0.1, -0.05) is 32.9 Å². The summed E-state index contributed by atoms with van der Waals surface area (Å²) in [5.74, 6) is -2.04. The first-order chi connectivity index (χ1) is 13.1. The van der Waals surface area contributed by atoms with Crippen LogP contribution in [0.15, 0.2) is 48.5 Å². The van der Waals surface area contributed by atoms with Gasteiger partial charge in [-0.2, -0.15) is 0 Å². The van der Waals surface area contributed by atoms with Gasteiger partial charge in [-0.15, -0.1) is 0 Å². The molecule has 2 rings (SSSR count). The molecule has 0 aliphatic carbocycles. The minimum absolute atomic E-state index is 0.0229. The molecule has 0 heterocycles. The highest BCUT2D eigenvalue weighted by Gasteiger charge is 2.19. The van der Waals surface area contributed by atoms with Crippen LogP contribution in [0, 0.1) is 5.82 Å². The molecule has 2 aromatic rings. The summed E-state index contributed by atoms with van der Waals surface area (Å²) in [6.07, 6.45) is 0. The lowest BCUT2D eigenvalue weighted by Crippen LogP contribution is -2.51. The van der Waals surface area contributed by atoms with Crippen molar-refractivity contribution in [1.82, 2.24) is 16.2 Å². The lowest BCUT2D eigenvalue weighted by Gasteiger charge is -2.19. The molecule has 7 heteroatoms. The topological polar surface area (TPSA) is 87.3 Å². The molecule has 3 amide bonds. The number of carbonyl (C=O) groups is 3. The van der Waals surface area contributed by atoms with Gasteiger partial charge in [-0.25, -0.2) is 4.39 Å². The number of hydrogen-bond donors (Lipinski definition) is 3. The molecule has 0 aliphatic rings. The average Bonchev–Trinajstić information content (AvgIpc) is 2.65. The van der Waals surface area contributed by atoms with Gasteiger partial charge in [0.05, 0.1) is 0 Å². The smallest absolute Gasteiger partial charge is 0.269 e. The summed E-state index contributed by atoms with van der Waals surface area (Å²) in [4.78, 5) is 36.3. The van der Waals surface area contributed by atoms with E-state index < -0.39 is 29.6 Å². The van der Waals surface area contributed by atoms with Crippen LogP contribution >= 0.6 is 0 Å². The molecule has 3 N–H and O–H groups in total. The van der Waals surface area contributed by atoms with E-state index in [9.17, 15) is 18.8 Å². The average molecular weight is 385 g/mol. The van der Waals surface area contributed by atoms with E-state index in [0.717, 1.165) is 17.7 Å². The van der Waals surface area contributed by atoms with Crippen LogP contribution in [0.2, 0.25) is 0 Å². The molecule has 148 valence electrons. The Hall–Kier alpha value is -3.22. The Morgan fingerprint density at radius 3 is 1.86 bits per heavy atom. The van der Waals surface area contributed by atoms with Crippen LogP contribution in [0.3, 0.4) is 0 Å². The van der Waals surface area contributed by atoms with Crippen molar-refractivity contribution >= 4 is 17.7 Å². The van der Waals surface area contributed by atoms with Crippen molar-refractivity contribution in [1.29, 1.82) is 0 Å². The van der Waals surface area contributed by atoms with Gasteiger partial charge < -0.3 is 5.32 Å². The number of hydrazine groups is 1. The fraction of sp³-hybridized carbons (Fsp3) is 0.286. The summed E-state index contributed by atoms with van der Waals surface area (Å²) >= 11 is 0. The highest BCUT2D eigenvalue weighted by molar-refractivity contribution is 5.99. The molecule has 1 atom stereocenters. The third-order valence-corrected chi connectivity index (χ3v) is 4.16. The quantitative estimate of drug-likeness (QED) is 0.707. The standard InChI is InChI=1S/C21H24FN3O3/c1-13(18(26)24-25-20(28)15-7-11-17(22)12-8-15)23-19(27)14-5-9-16(10-6-14)21(2,3)4/h5-13H,1-4H3,(H,23,27)(H,24,26)(H,25,28)/t13-/m0/s1. The van der Waals surface area contributed by atoms with Crippen LogP contribution in [0.4, 0.5) is 4.39 Å². The maximum Gasteiger partial charge on any atom is 0.269 e. The molecule has 0 fully saturated rings. The van der Waals surface area contributed by atoms with E-state index in [-0.39, 0.29) is 11.0 Å². The molecular formula is C21H24FN3O3. The maximum absolute atomic E-state index is 12.9. The summed E-state index contributed by atoms with van der Waals surface area (Å²) in [7, 11) is 0. The lowest BCUT2D eigenvalue weighted by atomic mass is 9.86. The van der Waals surface area contributed by atoms with Gasteiger partial charge in [-0.05, 0) is 54.3 Å². The second-order valence-corrected chi connectivity index (χ2v) is 7.47. The van der Waals surface area contributed by atoms with E-state index in [1.54, 1.807) is 12.1 Å². The molecule has 2 aromatic carbocycles. The fourth-order valence-corrected chi connectivity index (χ4v) is 2.37. The zero-order chi connectivity index (χ0) is 20.9. The van der Waals surface area contributed by atoms with Gasteiger partial charge in [0.25, 0.3) is 17.7 Å². The number of rotatable bonds is 4. The van der Waals surface area contributed by atoms with Gasteiger partial charge in [-0.3, -0.25) is 25.2 Å². The van der Waals surface area contributed by atoms with Gasteiger partial charge in [0, 0.05) is 11.1 Å². The first kappa shape index (κ1) is 21.1. The maximum atomic E-state index is 12.9. The van der Waals surface area contributed by atoms with Crippen LogP contribution in [0.1, 0.15) is 54.0 Å². The molecular weight excluding hydrogens is 361 g/mol. The normalized spacial score (nSPS) is 12.0. The number of nitrogens with one attached hydrogen (secondary N) is 3. The molecule has 0 spiro atoms. The van der Waals surface area contributed by atoms with Crippen LogP contribution in [-0.4, -0.2) is 23.8 Å². The van der Waals surface area contributed by atoms with Crippen molar-refractivity contribution in [3.8, 4) is 0 Å². The van der Waals surface area contributed by atoms with Gasteiger partial charge in [0.15, 0.2) is 0 Å². The molecule has 0 unspecified atom stereocenters. The van der Waals surface area contributed by atoms with Crippen molar-refractivity contribution in [2.45, 2.75) is 39.2 Å². The molecule has 6 nitrogen and oxygen atoms in total. The SMILES string of the molecule is C[C@H](NC(=O)c1ccc(C(C)(C)C)cc1)C(=O)NNC(=O)c1ccc(F)cc1. The minimum Gasteiger partial charge on any atom is -0.340 e. The van der Waals surface area contributed by atoms with E-state index in [2.05, 4.69) is 36.9 Å². The van der Waals surface area contributed by atoms with Crippen LogP contribution in [-0.2, 0) is 10.2 Å². The second-order valence-electron chi connectivity index (χ2n) is 7.47. The third-order valence-electron chi connectivity index (χ3n) is 4.16. The summed E-state index contributed by atoms with van der Waals surface area (Å²) in [5, 5.41) is 2.57. The van der Waals surface area contributed by atoms with Gasteiger partial charge >= 0.3 is 0 Å². The largest absolute Gasteiger partial charge is 0.340 e. The number of halogens is 1.